The molecule has 0 unspecified atom stereocenters. The number of anilines is 6. The van der Waals surface area contributed by atoms with E-state index in [-0.39, 0.29) is 4.66 Å². The monoisotopic (exact) mass is 1150 g/mol. The summed E-state index contributed by atoms with van der Waals surface area (Å²) in [6.07, 6.45) is 0. The van der Waals surface area contributed by atoms with Crippen LogP contribution in [0.3, 0.4) is 0 Å². The second-order valence-corrected chi connectivity index (χ2v) is 37.0. The Kier molecular flexibility index (Phi) is 11.9. The first-order valence-electron chi connectivity index (χ1n) is 30.6. The molecule has 0 saturated heterocycles. The van der Waals surface area contributed by atoms with Crippen LogP contribution in [0.5, 0.6) is 0 Å². The van der Waals surface area contributed by atoms with Crippen LogP contribution in [0.1, 0.15) is 22.3 Å². The molecule has 87 heavy (non-hydrogen) atoms. The highest BCUT2D eigenvalue weighted by Gasteiger charge is 2.61. The van der Waals surface area contributed by atoms with Crippen LogP contribution in [0, 0.1) is 13.8 Å². The van der Waals surface area contributed by atoms with E-state index < -0.39 is 16.1 Å². The minimum Gasteiger partial charge on any atom is -0.453 e. The Morgan fingerprint density at radius 2 is 0.701 bits per heavy atom. The maximum Gasteiger partial charge on any atom is 0.159 e. The van der Waals surface area contributed by atoms with Crippen molar-refractivity contribution in [2.75, 3.05) is 9.80 Å². The zero-order valence-corrected chi connectivity index (χ0v) is 52.5. The van der Waals surface area contributed by atoms with Crippen LogP contribution in [0.4, 0.5) is 34.1 Å². The van der Waals surface area contributed by atoms with Crippen molar-refractivity contribution in [1.82, 2.24) is 0 Å². The van der Waals surface area contributed by atoms with E-state index >= 15 is 0 Å². The van der Waals surface area contributed by atoms with Gasteiger partial charge >= 0.3 is 0 Å². The van der Waals surface area contributed by atoms with Gasteiger partial charge in [0.15, 0.2) is 11.2 Å². The summed E-state index contributed by atoms with van der Waals surface area (Å²) in [5.74, 6) is 0. The van der Waals surface area contributed by atoms with Crippen molar-refractivity contribution >= 4 is 126 Å². The van der Waals surface area contributed by atoms with Gasteiger partial charge in [-0.2, -0.15) is 0 Å². The first-order valence-corrected chi connectivity index (χ1v) is 37.6. The van der Waals surface area contributed by atoms with Gasteiger partial charge in [0.25, 0.3) is 0 Å². The van der Waals surface area contributed by atoms with Crippen LogP contribution in [0.25, 0.3) is 110 Å². The van der Waals surface area contributed by atoms with E-state index in [2.05, 4.69) is 318 Å². The molecule has 4 nitrogen and oxygen atoms in total. The minimum atomic E-state index is -2.35. The molecule has 0 radical (unpaired) electrons. The summed E-state index contributed by atoms with van der Waals surface area (Å²) in [5.41, 5.74) is 22.6. The molecule has 15 aromatic rings. The molecule has 0 spiro atoms. The quantitative estimate of drug-likeness (QED) is 0.101. The second-order valence-electron chi connectivity index (χ2n) is 26.0. The fourth-order valence-corrected chi connectivity index (χ4v) is 29.0. The zero-order valence-electron chi connectivity index (χ0n) is 50.5. The van der Waals surface area contributed by atoms with Gasteiger partial charge in [0.1, 0.15) is 11.2 Å². The molecule has 0 aliphatic heterocycles. The van der Waals surface area contributed by atoms with Crippen molar-refractivity contribution in [1.29, 1.82) is 0 Å². The van der Waals surface area contributed by atoms with Crippen molar-refractivity contribution in [3.05, 3.63) is 277 Å². The maximum atomic E-state index is 7.36. The molecule has 420 valence electrons. The van der Waals surface area contributed by atoms with Crippen molar-refractivity contribution in [3.8, 4) is 33.4 Å². The minimum absolute atomic E-state index is 0.267. The smallest absolute Gasteiger partial charge is 0.159 e. The van der Waals surface area contributed by atoms with Gasteiger partial charge < -0.3 is 18.6 Å². The Hall–Kier alpha value is -9.73. The van der Waals surface area contributed by atoms with Crippen molar-refractivity contribution in [3.63, 3.8) is 0 Å². The largest absolute Gasteiger partial charge is 0.453 e. The lowest BCUT2D eigenvalue weighted by atomic mass is 9.89. The first kappa shape index (κ1) is 52.8. The van der Waals surface area contributed by atoms with E-state index in [1.54, 1.807) is 0 Å². The molecule has 0 saturated carbocycles. The lowest BCUT2D eigenvalue weighted by molar-refractivity contribution is 0.670. The van der Waals surface area contributed by atoms with Gasteiger partial charge in [-0.15, -0.1) is 0 Å². The van der Waals surface area contributed by atoms with Gasteiger partial charge in [-0.05, 0) is 140 Å². The summed E-state index contributed by atoms with van der Waals surface area (Å²) in [6, 6.07) is 94.2. The zero-order chi connectivity index (χ0) is 59.1. The predicted octanol–water partition coefficient (Wildman–Crippen LogP) is 23.9. The summed E-state index contributed by atoms with van der Waals surface area (Å²) in [7, 11) is -4.70. The first-order chi connectivity index (χ1) is 42.3. The standard InChI is InChI=1S/C81H66N2O2Si2/c1-51-27-15-17-33-56(51)63-39-23-41-65-67-43-25-45-71(79(67)84-77(63)65)82(53-29-11-9-12-30-53)55-47-48-62-69(49-55)58-35-19-21-37-60(58)75-74-61-38-22-20-36-59(61)73(50-70(74)81(76(62)75,86(3,4)5)87(6,7)8)83(54-31-13-10-14-32-54)72-46-26-44-68-66-42-24-40-64(78(66)85-80(68)72)57-34-18-16-28-52(57)2/h9-50H,1-8H3. The third-order valence-corrected chi connectivity index (χ3v) is 29.2. The summed E-state index contributed by atoms with van der Waals surface area (Å²) >= 11 is 0. The topological polar surface area (TPSA) is 32.8 Å². The van der Waals surface area contributed by atoms with Crippen LogP contribution in [-0.4, -0.2) is 16.1 Å². The molecule has 6 heteroatoms. The second kappa shape index (κ2) is 19.7. The molecule has 2 heterocycles. The molecule has 0 bridgehead atoms. The fraction of sp³-hybridized carbons (Fsp3) is 0.111. The molecule has 1 aliphatic rings. The number of benzene rings is 13. The number of fused-ring (bicyclic) bond motifs is 16. The van der Waals surface area contributed by atoms with E-state index in [1.807, 2.05) is 0 Å². The molecule has 0 N–H and O–H groups in total. The highest BCUT2D eigenvalue weighted by Crippen LogP contribution is 2.65. The van der Waals surface area contributed by atoms with Crippen LogP contribution in [0.15, 0.2) is 264 Å². The van der Waals surface area contributed by atoms with Crippen LogP contribution >= 0.6 is 0 Å². The van der Waals surface area contributed by atoms with Crippen LogP contribution in [-0.2, 0) is 4.66 Å². The molecule has 0 atom stereocenters. The SMILES string of the molecule is Cc1ccccc1-c1cccc2c1oc1c(N(c3ccccc3)c3ccc4c5c(c6ccccc6c4c3)-c3c(cc(N(c4ccccc4)c4cccc6c4oc4c(-c7ccccc7C)cccc46)c4ccccc34)C5([Si](C)(C)C)[Si](C)(C)C)cccc12. The number of furan rings is 2. The molecular weight excluding hydrogens is 1090 g/mol. The summed E-state index contributed by atoms with van der Waals surface area (Å²) < 4.78 is 14.3. The third-order valence-electron chi connectivity index (χ3n) is 19.2. The molecule has 2 aromatic heterocycles. The normalized spacial score (nSPS) is 13.1. The van der Waals surface area contributed by atoms with Gasteiger partial charge in [0.05, 0.1) is 33.2 Å². The molecule has 13 aromatic carbocycles. The van der Waals surface area contributed by atoms with E-state index in [0.29, 0.717) is 0 Å². The number of hydrogen-bond acceptors (Lipinski definition) is 4. The van der Waals surface area contributed by atoms with Gasteiger partial charge in [-0.25, -0.2) is 0 Å². The average molecular weight is 1160 g/mol. The average Bonchev–Trinajstić information content (AvgIpc) is 1.52. The molecule has 0 fully saturated rings. The van der Waals surface area contributed by atoms with Gasteiger partial charge in [0, 0.05) is 59.8 Å². The van der Waals surface area contributed by atoms with Gasteiger partial charge in [-0.1, -0.05) is 239 Å². The Morgan fingerprint density at radius 3 is 1.23 bits per heavy atom. The van der Waals surface area contributed by atoms with Crippen molar-refractivity contribution < 1.29 is 8.83 Å². The van der Waals surface area contributed by atoms with Crippen LogP contribution in [0.2, 0.25) is 39.3 Å². The van der Waals surface area contributed by atoms with E-state index in [1.165, 1.54) is 76.8 Å². The van der Waals surface area contributed by atoms with Crippen molar-refractivity contribution in [2.45, 2.75) is 57.8 Å². The number of nitrogens with zero attached hydrogens (tertiary/aromatic N) is 2. The van der Waals surface area contributed by atoms with Gasteiger partial charge in [0.2, 0.25) is 0 Å². The van der Waals surface area contributed by atoms with E-state index in [4.69, 9.17) is 8.83 Å². The molecule has 1 aliphatic carbocycles. The predicted molar refractivity (Wildman–Crippen MR) is 376 cm³/mol. The number of hydrogen-bond donors (Lipinski definition) is 0. The summed E-state index contributed by atoms with van der Waals surface area (Å²) in [5, 5.41) is 12.0. The Morgan fingerprint density at radius 1 is 0.287 bits per heavy atom. The Labute approximate surface area is 510 Å². The van der Waals surface area contributed by atoms with Gasteiger partial charge in [-0.3, -0.25) is 0 Å². The van der Waals surface area contributed by atoms with E-state index in [9.17, 15) is 0 Å². The van der Waals surface area contributed by atoms with E-state index in [0.717, 1.165) is 89.1 Å². The fourth-order valence-electron chi connectivity index (χ4n) is 16.0. The molecule has 0 amide bonds. The lowest BCUT2D eigenvalue weighted by Gasteiger charge is -2.52. The number of rotatable bonds is 10. The Balaban J connectivity index is 0.966. The highest BCUT2D eigenvalue weighted by molar-refractivity contribution is 7.00. The van der Waals surface area contributed by atoms with Crippen LogP contribution < -0.4 is 9.80 Å². The third kappa shape index (κ3) is 7.73. The molecular formula is C81H66N2O2Si2. The lowest BCUT2D eigenvalue weighted by Crippen LogP contribution is -2.63. The number of aryl methyl sites for hydroxylation is 2. The summed E-state index contributed by atoms with van der Waals surface area (Å²) in [4.78, 5) is 4.93. The highest BCUT2D eigenvalue weighted by atomic mass is 28.4. The Bertz CT molecular complexity index is 5280. The number of para-hydroxylation sites is 6. The summed E-state index contributed by atoms with van der Waals surface area (Å²) in [6.45, 7) is 20.3. The molecule has 16 rings (SSSR count). The maximum absolute atomic E-state index is 7.36. The van der Waals surface area contributed by atoms with Crippen molar-refractivity contribution in [2.24, 2.45) is 0 Å².